The zero-order chi connectivity index (χ0) is 36.5. The summed E-state index contributed by atoms with van der Waals surface area (Å²) in [5, 5.41) is 13.9. The maximum atomic E-state index is 12.8. The number of carbonyl (C=O) groups excluding carboxylic acids is 1. The van der Waals surface area contributed by atoms with Crippen LogP contribution in [0.4, 0.5) is 0 Å². The van der Waals surface area contributed by atoms with Gasteiger partial charge < -0.3 is 19.8 Å². The quantitative estimate of drug-likeness (QED) is 0.0258. The van der Waals surface area contributed by atoms with E-state index in [1.807, 2.05) is 21.1 Å². The first-order valence-electron chi connectivity index (χ1n) is 20.2. The molecule has 0 heterocycles. The topological polar surface area (TPSA) is 105 Å². The minimum Gasteiger partial charge on any atom is -0.391 e. The number of quaternary nitrogens is 1. The Bertz CT molecular complexity index is 860. The number of hydrogen-bond donors (Lipinski definition) is 3. The Morgan fingerprint density at radius 1 is 0.673 bits per heavy atom. The summed E-state index contributed by atoms with van der Waals surface area (Å²) in [5.74, 6) is -0.165. The molecule has 1 amide bonds. The Kier molecular flexibility index (Phi) is 32.2. The second-order valence-corrected chi connectivity index (χ2v) is 16.5. The van der Waals surface area contributed by atoms with Crippen molar-refractivity contribution in [1.82, 2.24) is 5.32 Å². The molecule has 49 heavy (non-hydrogen) atoms. The highest BCUT2D eigenvalue weighted by molar-refractivity contribution is 7.47. The third kappa shape index (κ3) is 35.2. The van der Waals surface area contributed by atoms with Crippen molar-refractivity contribution in [3.05, 3.63) is 24.3 Å². The molecule has 0 saturated carbocycles. The van der Waals surface area contributed by atoms with Crippen LogP contribution in [0.25, 0.3) is 0 Å². The summed E-state index contributed by atoms with van der Waals surface area (Å²) in [6.45, 7) is 4.82. The van der Waals surface area contributed by atoms with Crippen LogP contribution in [0.15, 0.2) is 24.3 Å². The van der Waals surface area contributed by atoms with Gasteiger partial charge in [0.2, 0.25) is 5.91 Å². The van der Waals surface area contributed by atoms with Crippen molar-refractivity contribution in [2.45, 2.75) is 187 Å². The maximum absolute atomic E-state index is 12.8. The highest BCUT2D eigenvalue weighted by Gasteiger charge is 2.28. The van der Waals surface area contributed by atoms with Crippen LogP contribution in [0.3, 0.4) is 0 Å². The van der Waals surface area contributed by atoms with Crippen molar-refractivity contribution in [1.29, 1.82) is 0 Å². The molecule has 0 aromatic rings. The minimum atomic E-state index is -4.31. The normalized spacial score (nSPS) is 14.8. The largest absolute Gasteiger partial charge is 0.472 e. The average molecular weight is 716 g/mol. The van der Waals surface area contributed by atoms with Gasteiger partial charge in [-0.3, -0.25) is 13.8 Å². The van der Waals surface area contributed by atoms with Crippen LogP contribution in [-0.2, 0) is 18.4 Å². The number of nitrogens with zero attached hydrogens (tertiary/aromatic N) is 1. The molecule has 3 N–H and O–H groups in total. The van der Waals surface area contributed by atoms with Crippen molar-refractivity contribution in [3.8, 4) is 0 Å². The zero-order valence-corrected chi connectivity index (χ0v) is 33.6. The summed E-state index contributed by atoms with van der Waals surface area (Å²) in [6.07, 6.45) is 36.3. The number of likely N-dealkylation sites (N-methyl/N-ethyl adjacent to an activating group) is 1. The van der Waals surface area contributed by atoms with Gasteiger partial charge in [-0.15, -0.1) is 0 Å². The Balaban J connectivity index is 4.50. The number of allylic oxidation sites excluding steroid dienone is 4. The van der Waals surface area contributed by atoms with Crippen LogP contribution in [0.1, 0.15) is 174 Å². The van der Waals surface area contributed by atoms with Crippen LogP contribution in [0.2, 0.25) is 0 Å². The van der Waals surface area contributed by atoms with Crippen LogP contribution < -0.4 is 5.32 Å². The van der Waals surface area contributed by atoms with Gasteiger partial charge >= 0.3 is 7.82 Å². The molecule has 0 saturated heterocycles. The van der Waals surface area contributed by atoms with E-state index in [-0.39, 0.29) is 19.1 Å². The predicted molar refractivity (Wildman–Crippen MR) is 208 cm³/mol. The summed E-state index contributed by atoms with van der Waals surface area (Å²) >= 11 is 0. The van der Waals surface area contributed by atoms with E-state index >= 15 is 0 Å². The van der Waals surface area contributed by atoms with E-state index in [4.69, 9.17) is 9.05 Å². The molecule has 0 aromatic heterocycles. The van der Waals surface area contributed by atoms with Crippen molar-refractivity contribution in [3.63, 3.8) is 0 Å². The average Bonchev–Trinajstić information content (AvgIpc) is 3.04. The van der Waals surface area contributed by atoms with Gasteiger partial charge in [-0.1, -0.05) is 128 Å². The van der Waals surface area contributed by atoms with Gasteiger partial charge in [0, 0.05) is 6.42 Å². The Morgan fingerprint density at radius 3 is 1.59 bits per heavy atom. The molecule has 3 atom stereocenters. The molecule has 0 aliphatic rings. The van der Waals surface area contributed by atoms with Gasteiger partial charge in [-0.05, 0) is 64.2 Å². The number of rotatable bonds is 36. The standard InChI is InChI=1S/C40H79N2O6P/c1-6-8-10-12-14-16-18-20-22-23-25-27-29-31-33-39(43)38(37-48-49(45,46)47-36-35-42(3,4)5)41-40(44)34-32-30-28-26-24-21-19-17-15-13-11-9-7-2/h17,19,23,25,38-39,43H,6-16,18,20-22,24,26-37H2,1-5H3,(H-,41,44,45,46)/p+1/b19-17+,25-23+/t38-,39+/m0/s1. The first-order valence-corrected chi connectivity index (χ1v) is 21.7. The summed E-state index contributed by atoms with van der Waals surface area (Å²) < 4.78 is 23.5. The Hall–Kier alpha value is -1.02. The fourth-order valence-corrected chi connectivity index (χ4v) is 6.36. The van der Waals surface area contributed by atoms with Crippen LogP contribution in [0, 0.1) is 0 Å². The van der Waals surface area contributed by atoms with Gasteiger partial charge in [-0.2, -0.15) is 0 Å². The van der Waals surface area contributed by atoms with Crippen molar-refractivity contribution in [2.75, 3.05) is 40.9 Å². The molecule has 8 nitrogen and oxygen atoms in total. The fourth-order valence-electron chi connectivity index (χ4n) is 5.62. The number of hydrogen-bond acceptors (Lipinski definition) is 5. The highest BCUT2D eigenvalue weighted by atomic mass is 31.2. The van der Waals surface area contributed by atoms with Crippen molar-refractivity contribution < 1.29 is 32.9 Å². The lowest BCUT2D eigenvalue weighted by Crippen LogP contribution is -2.46. The molecule has 0 rings (SSSR count). The third-order valence-corrected chi connectivity index (χ3v) is 9.91. The number of aliphatic hydroxyl groups excluding tert-OH is 1. The van der Waals surface area contributed by atoms with Crippen LogP contribution in [0.5, 0.6) is 0 Å². The number of phosphoric ester groups is 1. The molecule has 0 fully saturated rings. The fraction of sp³-hybridized carbons (Fsp3) is 0.875. The molecule has 290 valence electrons. The van der Waals surface area contributed by atoms with Gasteiger partial charge in [-0.25, -0.2) is 4.57 Å². The second kappa shape index (κ2) is 32.9. The first kappa shape index (κ1) is 48.0. The van der Waals surface area contributed by atoms with E-state index in [1.54, 1.807) is 0 Å². The van der Waals surface area contributed by atoms with E-state index in [0.29, 0.717) is 23.9 Å². The lowest BCUT2D eigenvalue weighted by Gasteiger charge is -2.26. The molecular formula is C40H80N2O6P+. The maximum Gasteiger partial charge on any atom is 0.472 e. The lowest BCUT2D eigenvalue weighted by molar-refractivity contribution is -0.870. The van der Waals surface area contributed by atoms with Gasteiger partial charge in [0.15, 0.2) is 0 Å². The van der Waals surface area contributed by atoms with E-state index in [9.17, 15) is 19.4 Å². The molecule has 0 aromatic carbocycles. The molecular weight excluding hydrogens is 635 g/mol. The summed E-state index contributed by atoms with van der Waals surface area (Å²) in [5.41, 5.74) is 0. The van der Waals surface area contributed by atoms with E-state index in [2.05, 4.69) is 43.5 Å². The number of carbonyl (C=O) groups is 1. The van der Waals surface area contributed by atoms with Crippen LogP contribution in [-0.4, -0.2) is 73.4 Å². The van der Waals surface area contributed by atoms with Crippen molar-refractivity contribution in [2.24, 2.45) is 0 Å². The predicted octanol–water partition coefficient (Wildman–Crippen LogP) is 10.6. The summed E-state index contributed by atoms with van der Waals surface area (Å²) in [4.78, 5) is 23.0. The van der Waals surface area contributed by atoms with Crippen LogP contribution >= 0.6 is 7.82 Å². The molecule has 0 aliphatic carbocycles. The Labute approximate surface area is 303 Å². The first-order chi connectivity index (χ1) is 23.5. The lowest BCUT2D eigenvalue weighted by atomic mass is 10.0. The molecule has 0 radical (unpaired) electrons. The number of amides is 1. The van der Waals surface area contributed by atoms with E-state index in [0.717, 1.165) is 57.8 Å². The number of aliphatic hydroxyl groups is 1. The smallest absolute Gasteiger partial charge is 0.391 e. The SMILES string of the molecule is CCCCCC/C=C/CCCCCCCC(=O)N[C@@H](COP(=O)(O)OCC[N+](C)(C)C)[C@H](O)CCCC/C=C/CCCCCCCCCC. The summed E-state index contributed by atoms with van der Waals surface area (Å²) in [6, 6.07) is -0.777. The second-order valence-electron chi connectivity index (χ2n) is 15.0. The van der Waals surface area contributed by atoms with E-state index in [1.165, 1.54) is 89.9 Å². The van der Waals surface area contributed by atoms with Crippen molar-refractivity contribution >= 4 is 13.7 Å². The molecule has 9 heteroatoms. The van der Waals surface area contributed by atoms with E-state index < -0.39 is 20.0 Å². The third-order valence-electron chi connectivity index (χ3n) is 8.92. The molecule has 0 spiro atoms. The van der Waals surface area contributed by atoms with Gasteiger partial charge in [0.05, 0.1) is 39.9 Å². The number of phosphoric acid groups is 1. The Morgan fingerprint density at radius 2 is 1.10 bits per heavy atom. The minimum absolute atomic E-state index is 0.0682. The highest BCUT2D eigenvalue weighted by Crippen LogP contribution is 2.43. The number of nitrogens with one attached hydrogen (secondary N) is 1. The summed E-state index contributed by atoms with van der Waals surface area (Å²) in [7, 11) is 1.59. The zero-order valence-electron chi connectivity index (χ0n) is 32.7. The molecule has 0 bridgehead atoms. The van der Waals surface area contributed by atoms with Gasteiger partial charge in [0.25, 0.3) is 0 Å². The molecule has 1 unspecified atom stereocenters. The van der Waals surface area contributed by atoms with Gasteiger partial charge in [0.1, 0.15) is 13.2 Å². The monoisotopic (exact) mass is 716 g/mol. The molecule has 0 aliphatic heterocycles. The number of unbranched alkanes of at least 4 members (excludes halogenated alkanes) is 19.